The van der Waals surface area contributed by atoms with Gasteiger partial charge >= 0.3 is 0 Å². The fourth-order valence-corrected chi connectivity index (χ4v) is 2.92. The Kier molecular flexibility index (Phi) is 10.7. The molecule has 1 unspecified atom stereocenters. The summed E-state index contributed by atoms with van der Waals surface area (Å²) >= 11 is 0. The van der Waals surface area contributed by atoms with E-state index in [1.54, 1.807) is 7.11 Å². The third kappa shape index (κ3) is 7.57. The van der Waals surface area contributed by atoms with Crippen molar-refractivity contribution in [2.45, 2.75) is 32.7 Å². The molecule has 0 radical (unpaired) electrons. The third-order valence-electron chi connectivity index (χ3n) is 4.73. The summed E-state index contributed by atoms with van der Waals surface area (Å²) in [4.78, 5) is 9.35. The van der Waals surface area contributed by atoms with Crippen molar-refractivity contribution in [3.05, 3.63) is 24.3 Å². The molecule has 1 aliphatic rings. The van der Waals surface area contributed by atoms with Crippen LogP contribution in [0.4, 0.5) is 5.69 Å². The van der Waals surface area contributed by atoms with E-state index in [1.807, 2.05) is 12.1 Å². The first-order valence-corrected chi connectivity index (χ1v) is 9.30. The molecule has 1 aliphatic heterocycles. The molecule has 7 heteroatoms. The number of nitrogens with two attached hydrogens (primary N) is 1. The monoisotopic (exact) mass is 475 g/mol. The minimum Gasteiger partial charge on any atom is -0.497 e. The molecular weight excluding hydrogens is 441 g/mol. The number of piperazine rings is 1. The van der Waals surface area contributed by atoms with Gasteiger partial charge in [0.15, 0.2) is 5.96 Å². The normalized spacial score (nSPS) is 16.7. The van der Waals surface area contributed by atoms with Crippen LogP contribution >= 0.6 is 24.0 Å². The first-order valence-electron chi connectivity index (χ1n) is 9.30. The number of aliphatic imine (C=N–C) groups is 1. The molecule has 2 rings (SSSR count). The number of rotatable bonds is 8. The number of benzene rings is 1. The van der Waals surface area contributed by atoms with Crippen LogP contribution in [0.1, 0.15) is 26.7 Å². The number of nitrogens with zero attached hydrogens (tertiary/aromatic N) is 3. The predicted molar refractivity (Wildman–Crippen MR) is 121 cm³/mol. The van der Waals surface area contributed by atoms with Gasteiger partial charge in [-0.05, 0) is 44.0 Å². The second-order valence-corrected chi connectivity index (χ2v) is 6.60. The zero-order valence-electron chi connectivity index (χ0n) is 16.3. The SMILES string of the molecule is CCC(C)NC(N)=NCCCN1CCN(c2ccc(OC)cc2)CC1.I. The van der Waals surface area contributed by atoms with Gasteiger partial charge in [0.2, 0.25) is 0 Å². The maximum atomic E-state index is 5.88. The topological polar surface area (TPSA) is 66.1 Å². The molecule has 3 N–H and O–H groups in total. The molecule has 1 atom stereocenters. The van der Waals surface area contributed by atoms with Gasteiger partial charge < -0.3 is 20.7 Å². The van der Waals surface area contributed by atoms with Gasteiger partial charge in [-0.25, -0.2) is 0 Å². The molecule has 0 amide bonds. The summed E-state index contributed by atoms with van der Waals surface area (Å²) in [6.45, 7) is 10.4. The summed E-state index contributed by atoms with van der Waals surface area (Å²) in [5, 5.41) is 3.20. The van der Waals surface area contributed by atoms with E-state index < -0.39 is 0 Å². The first-order chi connectivity index (χ1) is 12.1. The molecule has 0 bridgehead atoms. The van der Waals surface area contributed by atoms with Crippen molar-refractivity contribution in [1.82, 2.24) is 10.2 Å². The maximum absolute atomic E-state index is 5.88. The predicted octanol–water partition coefficient (Wildman–Crippen LogP) is 2.53. The number of ether oxygens (including phenoxy) is 1. The van der Waals surface area contributed by atoms with Gasteiger partial charge in [0, 0.05) is 51.0 Å². The Morgan fingerprint density at radius 1 is 1.23 bits per heavy atom. The minimum absolute atomic E-state index is 0. The standard InChI is InChI=1S/C19H33N5O.HI/c1-4-16(2)22-19(20)21-10-5-11-23-12-14-24(15-13-23)17-6-8-18(25-3)9-7-17;/h6-9,16H,4-5,10-15H2,1-3H3,(H3,20,21,22);1H. The molecule has 26 heavy (non-hydrogen) atoms. The van der Waals surface area contributed by atoms with E-state index in [2.05, 4.69) is 46.1 Å². The molecule has 6 nitrogen and oxygen atoms in total. The molecule has 1 heterocycles. The highest BCUT2D eigenvalue weighted by Crippen LogP contribution is 2.20. The Morgan fingerprint density at radius 2 is 1.88 bits per heavy atom. The Morgan fingerprint density at radius 3 is 2.46 bits per heavy atom. The van der Waals surface area contributed by atoms with Crippen molar-refractivity contribution in [3.8, 4) is 5.75 Å². The average molecular weight is 475 g/mol. The van der Waals surface area contributed by atoms with Crippen molar-refractivity contribution in [3.63, 3.8) is 0 Å². The number of hydrogen-bond acceptors (Lipinski definition) is 4. The van der Waals surface area contributed by atoms with Crippen molar-refractivity contribution in [2.75, 3.05) is 51.3 Å². The largest absolute Gasteiger partial charge is 0.497 e. The van der Waals surface area contributed by atoms with Crippen molar-refractivity contribution < 1.29 is 4.74 Å². The Labute approximate surface area is 175 Å². The van der Waals surface area contributed by atoms with E-state index in [1.165, 1.54) is 5.69 Å². The summed E-state index contributed by atoms with van der Waals surface area (Å²) < 4.78 is 5.22. The molecule has 148 valence electrons. The van der Waals surface area contributed by atoms with Crippen molar-refractivity contribution in [1.29, 1.82) is 0 Å². The van der Waals surface area contributed by atoms with Crippen LogP contribution < -0.4 is 20.7 Å². The van der Waals surface area contributed by atoms with Crippen molar-refractivity contribution >= 4 is 35.6 Å². The van der Waals surface area contributed by atoms with Crippen LogP contribution in [0.25, 0.3) is 0 Å². The van der Waals surface area contributed by atoms with Gasteiger partial charge in [-0.15, -0.1) is 24.0 Å². The molecule has 1 aromatic rings. The summed E-state index contributed by atoms with van der Waals surface area (Å²) in [5.41, 5.74) is 7.15. The quantitative estimate of drug-likeness (QED) is 0.262. The highest BCUT2D eigenvalue weighted by atomic mass is 127. The lowest BCUT2D eigenvalue weighted by molar-refractivity contribution is 0.256. The Hall–Kier alpha value is -1.22. The van der Waals surface area contributed by atoms with Crippen LogP contribution in [-0.2, 0) is 0 Å². The van der Waals surface area contributed by atoms with E-state index in [0.717, 1.165) is 57.9 Å². The van der Waals surface area contributed by atoms with Crippen LogP contribution in [-0.4, -0.2) is 63.3 Å². The van der Waals surface area contributed by atoms with Gasteiger partial charge in [0.1, 0.15) is 5.75 Å². The Bertz CT molecular complexity index is 529. The lowest BCUT2D eigenvalue weighted by Gasteiger charge is -2.36. The highest BCUT2D eigenvalue weighted by molar-refractivity contribution is 14.0. The first kappa shape index (κ1) is 22.8. The fraction of sp³-hybridized carbons (Fsp3) is 0.632. The summed E-state index contributed by atoms with van der Waals surface area (Å²) in [5.74, 6) is 1.48. The third-order valence-corrected chi connectivity index (χ3v) is 4.73. The number of hydrogen-bond donors (Lipinski definition) is 2. The van der Waals surface area contributed by atoms with Gasteiger partial charge in [0.05, 0.1) is 7.11 Å². The number of guanidine groups is 1. The molecular formula is C19H34IN5O. The van der Waals surface area contributed by atoms with E-state index in [4.69, 9.17) is 10.5 Å². The van der Waals surface area contributed by atoms with Crippen LogP contribution in [0.3, 0.4) is 0 Å². The number of nitrogens with one attached hydrogen (secondary N) is 1. The van der Waals surface area contributed by atoms with Gasteiger partial charge in [-0.1, -0.05) is 6.92 Å². The second-order valence-electron chi connectivity index (χ2n) is 6.60. The van der Waals surface area contributed by atoms with Crippen LogP contribution in [0.2, 0.25) is 0 Å². The average Bonchev–Trinajstić information content (AvgIpc) is 2.65. The van der Waals surface area contributed by atoms with Gasteiger partial charge in [-0.2, -0.15) is 0 Å². The molecule has 0 aromatic heterocycles. The lowest BCUT2D eigenvalue weighted by Crippen LogP contribution is -2.46. The summed E-state index contributed by atoms with van der Waals surface area (Å²) in [6, 6.07) is 8.71. The van der Waals surface area contributed by atoms with E-state index >= 15 is 0 Å². The number of methoxy groups -OCH3 is 1. The maximum Gasteiger partial charge on any atom is 0.188 e. The zero-order chi connectivity index (χ0) is 18.1. The molecule has 0 spiro atoms. The number of anilines is 1. The molecule has 1 saturated heterocycles. The lowest BCUT2D eigenvalue weighted by atomic mass is 10.2. The van der Waals surface area contributed by atoms with E-state index in [9.17, 15) is 0 Å². The number of halogens is 1. The molecule has 0 aliphatic carbocycles. The van der Waals surface area contributed by atoms with Crippen LogP contribution in [0.5, 0.6) is 5.75 Å². The molecule has 0 saturated carbocycles. The second kappa shape index (κ2) is 12.2. The van der Waals surface area contributed by atoms with Crippen LogP contribution in [0, 0.1) is 0 Å². The van der Waals surface area contributed by atoms with Crippen molar-refractivity contribution in [2.24, 2.45) is 10.7 Å². The summed E-state index contributed by atoms with van der Waals surface area (Å²) in [7, 11) is 1.70. The smallest absolute Gasteiger partial charge is 0.188 e. The zero-order valence-corrected chi connectivity index (χ0v) is 18.6. The van der Waals surface area contributed by atoms with E-state index in [-0.39, 0.29) is 24.0 Å². The fourth-order valence-electron chi connectivity index (χ4n) is 2.92. The summed E-state index contributed by atoms with van der Waals surface area (Å²) in [6.07, 6.45) is 2.10. The van der Waals surface area contributed by atoms with Gasteiger partial charge in [0.25, 0.3) is 0 Å². The minimum atomic E-state index is 0. The van der Waals surface area contributed by atoms with Gasteiger partial charge in [-0.3, -0.25) is 9.89 Å². The highest BCUT2D eigenvalue weighted by Gasteiger charge is 2.16. The van der Waals surface area contributed by atoms with Crippen LogP contribution in [0.15, 0.2) is 29.3 Å². The Balaban J connectivity index is 0.00000338. The molecule has 1 aromatic carbocycles. The van der Waals surface area contributed by atoms with E-state index in [0.29, 0.717) is 12.0 Å². The molecule has 1 fully saturated rings.